The Bertz CT molecular complexity index is 620. The van der Waals surface area contributed by atoms with Crippen LogP contribution in [0.15, 0.2) is 11.6 Å². The summed E-state index contributed by atoms with van der Waals surface area (Å²) < 4.78 is 0. The first-order valence-electron chi connectivity index (χ1n) is 13.1. The second kappa shape index (κ2) is 7.99. The fourth-order valence-electron chi connectivity index (χ4n) is 9.02. The van der Waals surface area contributed by atoms with E-state index in [2.05, 4.69) is 47.6 Å². The van der Waals surface area contributed by atoms with E-state index >= 15 is 0 Å². The minimum atomic E-state index is -0.0884. The quantitative estimate of drug-likeness (QED) is 0.470. The monoisotopic (exact) mass is 400 g/mol. The van der Waals surface area contributed by atoms with Gasteiger partial charge in [0.2, 0.25) is 0 Å². The number of aliphatic hydroxyl groups is 1. The summed E-state index contributed by atoms with van der Waals surface area (Å²) in [6, 6.07) is 0. The molecule has 1 N–H and O–H groups in total. The van der Waals surface area contributed by atoms with Crippen molar-refractivity contribution in [3.8, 4) is 0 Å². The number of rotatable bonds is 5. The van der Waals surface area contributed by atoms with Gasteiger partial charge in [0, 0.05) is 0 Å². The summed E-state index contributed by atoms with van der Waals surface area (Å²) in [7, 11) is 0. The molecule has 9 atom stereocenters. The van der Waals surface area contributed by atoms with E-state index in [1.165, 1.54) is 51.4 Å². The zero-order valence-corrected chi connectivity index (χ0v) is 20.2. The van der Waals surface area contributed by atoms with Gasteiger partial charge in [0.1, 0.15) is 0 Å². The van der Waals surface area contributed by atoms with E-state index in [0.29, 0.717) is 16.7 Å². The van der Waals surface area contributed by atoms with Gasteiger partial charge in [-0.3, -0.25) is 0 Å². The molecule has 3 fully saturated rings. The highest BCUT2D eigenvalue weighted by atomic mass is 16.3. The predicted molar refractivity (Wildman–Crippen MR) is 124 cm³/mol. The molecule has 166 valence electrons. The molecule has 0 bridgehead atoms. The summed E-state index contributed by atoms with van der Waals surface area (Å²) in [5, 5.41) is 10.3. The molecule has 0 aromatic heterocycles. The molecule has 0 aromatic rings. The van der Waals surface area contributed by atoms with Crippen molar-refractivity contribution in [3.63, 3.8) is 0 Å². The lowest BCUT2D eigenvalue weighted by Gasteiger charge is -2.60. The van der Waals surface area contributed by atoms with Gasteiger partial charge in [0.05, 0.1) is 6.10 Å². The van der Waals surface area contributed by atoms with E-state index in [1.807, 2.05) is 0 Å². The van der Waals surface area contributed by atoms with Crippen molar-refractivity contribution in [1.82, 2.24) is 0 Å². The maximum atomic E-state index is 10.3. The number of hydrogen-bond donors (Lipinski definition) is 1. The summed E-state index contributed by atoms with van der Waals surface area (Å²) in [5.41, 5.74) is 2.56. The van der Waals surface area contributed by atoms with Crippen LogP contribution in [0.5, 0.6) is 0 Å². The highest BCUT2D eigenvalue weighted by Gasteiger charge is 2.60. The molecule has 0 amide bonds. The van der Waals surface area contributed by atoms with Crippen molar-refractivity contribution in [2.24, 2.45) is 52.3 Å². The third-order valence-electron chi connectivity index (χ3n) is 10.6. The molecule has 3 saturated carbocycles. The Kier molecular flexibility index (Phi) is 6.04. The molecule has 0 radical (unpaired) electrons. The first kappa shape index (κ1) is 21.9. The van der Waals surface area contributed by atoms with Crippen molar-refractivity contribution in [2.75, 3.05) is 0 Å². The smallest absolute Gasteiger partial charge is 0.0577 e. The molecule has 1 heteroatoms. The third kappa shape index (κ3) is 3.66. The van der Waals surface area contributed by atoms with E-state index in [4.69, 9.17) is 0 Å². The first-order chi connectivity index (χ1) is 13.7. The first-order valence-corrected chi connectivity index (χ1v) is 13.1. The molecule has 0 heterocycles. The second-order valence-corrected chi connectivity index (χ2v) is 12.7. The van der Waals surface area contributed by atoms with Crippen LogP contribution >= 0.6 is 0 Å². The van der Waals surface area contributed by atoms with Crippen LogP contribution in [0.25, 0.3) is 0 Å². The van der Waals surface area contributed by atoms with Gasteiger partial charge in [-0.25, -0.2) is 0 Å². The molecule has 4 rings (SSSR count). The predicted octanol–water partition coefficient (Wildman–Crippen LogP) is 7.63. The maximum Gasteiger partial charge on any atom is 0.0577 e. The summed E-state index contributed by atoms with van der Waals surface area (Å²) in [6.07, 6.45) is 15.8. The van der Waals surface area contributed by atoms with E-state index < -0.39 is 0 Å². The standard InChI is InChI=1S/C28H48O/c1-18(2)8-7-9-19(3)23-10-11-24-26-20(4)16-21-17-22(29)12-14-27(21,5)25(26)13-15-28(23,24)6/h16,18-20,22-26,29H,7-15,17H2,1-6H3/t19-,20+,22+,23-,24+,25+,26+,27+,28-/m1/s1. The zero-order valence-electron chi connectivity index (χ0n) is 20.2. The highest BCUT2D eigenvalue weighted by Crippen LogP contribution is 2.68. The fourth-order valence-corrected chi connectivity index (χ4v) is 9.02. The van der Waals surface area contributed by atoms with Gasteiger partial charge in [-0.15, -0.1) is 0 Å². The Labute approximate surface area is 181 Å². The van der Waals surface area contributed by atoms with Gasteiger partial charge >= 0.3 is 0 Å². The third-order valence-corrected chi connectivity index (χ3v) is 10.6. The number of allylic oxidation sites excluding steroid dienone is 1. The minimum absolute atomic E-state index is 0.0884. The summed E-state index contributed by atoms with van der Waals surface area (Å²) in [6.45, 7) is 15.1. The van der Waals surface area contributed by atoms with Gasteiger partial charge in [-0.1, -0.05) is 72.5 Å². The van der Waals surface area contributed by atoms with Gasteiger partial charge in [0.15, 0.2) is 0 Å². The van der Waals surface area contributed by atoms with Crippen molar-refractivity contribution in [1.29, 1.82) is 0 Å². The molecule has 1 nitrogen and oxygen atoms in total. The van der Waals surface area contributed by atoms with Crippen LogP contribution in [-0.2, 0) is 0 Å². The molecule has 0 saturated heterocycles. The molecule has 0 unspecified atom stereocenters. The lowest BCUT2D eigenvalue weighted by molar-refractivity contribution is -0.0731. The maximum absolute atomic E-state index is 10.3. The average molecular weight is 401 g/mol. The van der Waals surface area contributed by atoms with Gasteiger partial charge in [0.25, 0.3) is 0 Å². The van der Waals surface area contributed by atoms with E-state index in [1.54, 1.807) is 5.57 Å². The molecule has 0 aliphatic heterocycles. The largest absolute Gasteiger partial charge is 0.393 e. The van der Waals surface area contributed by atoms with Crippen LogP contribution in [0.1, 0.15) is 106 Å². The fraction of sp³-hybridized carbons (Fsp3) is 0.929. The molecule has 0 aromatic carbocycles. The van der Waals surface area contributed by atoms with Crippen molar-refractivity contribution in [2.45, 2.75) is 112 Å². The SMILES string of the molecule is CC(C)CCC[C@@H](C)[C@H]1CC[C@H]2[C@@H]3[C@@H](C)C=C4C[C@@H](O)CC[C@]4(C)[C@H]3CC[C@]12C. The van der Waals surface area contributed by atoms with Gasteiger partial charge < -0.3 is 5.11 Å². The van der Waals surface area contributed by atoms with Crippen LogP contribution in [0.4, 0.5) is 0 Å². The Morgan fingerprint density at radius 1 is 1.00 bits per heavy atom. The molecule has 4 aliphatic rings. The zero-order chi connectivity index (χ0) is 21.0. The minimum Gasteiger partial charge on any atom is -0.393 e. The van der Waals surface area contributed by atoms with Crippen LogP contribution < -0.4 is 0 Å². The molecule has 29 heavy (non-hydrogen) atoms. The lowest BCUT2D eigenvalue weighted by Crippen LogP contribution is -2.53. The van der Waals surface area contributed by atoms with Crippen molar-refractivity contribution in [3.05, 3.63) is 11.6 Å². The lowest BCUT2D eigenvalue weighted by atomic mass is 9.45. The normalized spacial score (nSPS) is 47.9. The Morgan fingerprint density at radius 3 is 2.48 bits per heavy atom. The van der Waals surface area contributed by atoms with Crippen LogP contribution in [0.3, 0.4) is 0 Å². The van der Waals surface area contributed by atoms with Gasteiger partial charge in [-0.2, -0.15) is 0 Å². The Hall–Kier alpha value is -0.300. The van der Waals surface area contributed by atoms with Crippen LogP contribution in [0, 0.1) is 52.3 Å². The molecule has 4 aliphatic carbocycles. The van der Waals surface area contributed by atoms with Crippen LogP contribution in [-0.4, -0.2) is 11.2 Å². The highest BCUT2D eigenvalue weighted by molar-refractivity contribution is 5.26. The Balaban J connectivity index is 1.54. The average Bonchev–Trinajstić information content (AvgIpc) is 3.00. The summed E-state index contributed by atoms with van der Waals surface area (Å²) in [5.74, 6) is 6.06. The number of hydrogen-bond acceptors (Lipinski definition) is 1. The van der Waals surface area contributed by atoms with E-state index in [0.717, 1.165) is 48.3 Å². The van der Waals surface area contributed by atoms with Gasteiger partial charge in [-0.05, 0) is 97.2 Å². The van der Waals surface area contributed by atoms with Crippen molar-refractivity contribution >= 4 is 0 Å². The topological polar surface area (TPSA) is 20.2 Å². The summed E-state index contributed by atoms with van der Waals surface area (Å²) in [4.78, 5) is 0. The molecular weight excluding hydrogens is 352 g/mol. The van der Waals surface area contributed by atoms with Crippen molar-refractivity contribution < 1.29 is 5.11 Å². The number of fused-ring (bicyclic) bond motifs is 5. The van der Waals surface area contributed by atoms with Crippen LogP contribution in [0.2, 0.25) is 0 Å². The second-order valence-electron chi connectivity index (χ2n) is 12.7. The molecule has 0 spiro atoms. The van der Waals surface area contributed by atoms with E-state index in [9.17, 15) is 5.11 Å². The van der Waals surface area contributed by atoms with E-state index in [-0.39, 0.29) is 6.10 Å². The Morgan fingerprint density at radius 2 is 1.76 bits per heavy atom. The summed E-state index contributed by atoms with van der Waals surface area (Å²) >= 11 is 0. The number of aliphatic hydroxyl groups excluding tert-OH is 1. The molecular formula is C28H48O.